The second-order valence-corrected chi connectivity index (χ2v) is 6.75. The van der Waals surface area contributed by atoms with Crippen LogP contribution in [0.15, 0.2) is 48.5 Å². The monoisotopic (exact) mass is 346 g/mol. The highest BCUT2D eigenvalue weighted by molar-refractivity contribution is 6.04. The minimum Gasteiger partial charge on any atom is -0.322 e. The Morgan fingerprint density at radius 2 is 1.88 bits per heavy atom. The second kappa shape index (κ2) is 7.12. The predicted molar refractivity (Wildman–Crippen MR) is 102 cm³/mol. The van der Waals surface area contributed by atoms with Crippen molar-refractivity contribution in [2.75, 3.05) is 5.32 Å². The maximum absolute atomic E-state index is 12.5. The van der Waals surface area contributed by atoms with Gasteiger partial charge in [-0.15, -0.1) is 10.2 Å². The lowest BCUT2D eigenvalue weighted by Crippen LogP contribution is -2.12. The number of aromatic nitrogens is 3. The SMILES string of the molecule is Cc1ccc(-c2nnc3n2CCCCC3)cc1NC(=O)c1ccccc1. The standard InChI is InChI=1S/C21H22N4O/c1-15-11-12-17(20-24-23-19-10-6-3-7-13-25(19)20)14-18(15)22-21(26)16-8-4-2-5-9-16/h2,4-5,8-9,11-12,14H,3,6-7,10,13H2,1H3,(H,22,26). The summed E-state index contributed by atoms with van der Waals surface area (Å²) in [5, 5.41) is 11.8. The van der Waals surface area contributed by atoms with Gasteiger partial charge in [0.15, 0.2) is 5.82 Å². The number of anilines is 1. The van der Waals surface area contributed by atoms with Crippen molar-refractivity contribution in [1.29, 1.82) is 0 Å². The molecule has 1 aliphatic heterocycles. The van der Waals surface area contributed by atoms with Gasteiger partial charge in [-0.25, -0.2) is 0 Å². The molecule has 4 rings (SSSR count). The highest BCUT2D eigenvalue weighted by Gasteiger charge is 2.17. The number of amides is 1. The fraction of sp³-hybridized carbons (Fsp3) is 0.286. The highest BCUT2D eigenvalue weighted by atomic mass is 16.1. The number of nitrogens with one attached hydrogen (secondary N) is 1. The third-order valence-corrected chi connectivity index (χ3v) is 4.89. The van der Waals surface area contributed by atoms with E-state index in [0.29, 0.717) is 5.56 Å². The first-order valence-electron chi connectivity index (χ1n) is 9.12. The van der Waals surface area contributed by atoms with Crippen LogP contribution in [0, 0.1) is 6.92 Å². The van der Waals surface area contributed by atoms with E-state index in [2.05, 4.69) is 26.1 Å². The summed E-state index contributed by atoms with van der Waals surface area (Å²) in [5.74, 6) is 1.84. The van der Waals surface area contributed by atoms with Crippen LogP contribution < -0.4 is 5.32 Å². The minimum absolute atomic E-state index is 0.106. The number of hydrogen-bond acceptors (Lipinski definition) is 3. The number of hydrogen-bond donors (Lipinski definition) is 1. The van der Waals surface area contributed by atoms with Gasteiger partial charge in [0.05, 0.1) is 0 Å². The second-order valence-electron chi connectivity index (χ2n) is 6.75. The van der Waals surface area contributed by atoms with Crippen LogP contribution in [0.1, 0.15) is 41.0 Å². The molecular weight excluding hydrogens is 324 g/mol. The van der Waals surface area contributed by atoms with Crippen LogP contribution in [0.2, 0.25) is 0 Å². The van der Waals surface area contributed by atoms with E-state index in [-0.39, 0.29) is 5.91 Å². The summed E-state index contributed by atoms with van der Waals surface area (Å²) in [6, 6.07) is 15.3. The topological polar surface area (TPSA) is 59.8 Å². The Morgan fingerprint density at radius 1 is 1.04 bits per heavy atom. The smallest absolute Gasteiger partial charge is 0.255 e. The van der Waals surface area contributed by atoms with Crippen molar-refractivity contribution in [2.45, 2.75) is 39.2 Å². The Hall–Kier alpha value is -2.95. The maximum Gasteiger partial charge on any atom is 0.255 e. The molecule has 1 aliphatic rings. The molecule has 0 atom stereocenters. The maximum atomic E-state index is 12.5. The molecule has 3 aromatic rings. The van der Waals surface area contributed by atoms with Crippen molar-refractivity contribution in [1.82, 2.24) is 14.8 Å². The van der Waals surface area contributed by atoms with E-state index < -0.39 is 0 Å². The molecule has 2 heterocycles. The molecule has 5 nitrogen and oxygen atoms in total. The largest absolute Gasteiger partial charge is 0.322 e. The molecule has 26 heavy (non-hydrogen) atoms. The van der Waals surface area contributed by atoms with Gasteiger partial charge >= 0.3 is 0 Å². The fourth-order valence-corrected chi connectivity index (χ4v) is 3.38. The lowest BCUT2D eigenvalue weighted by Gasteiger charge is -2.12. The van der Waals surface area contributed by atoms with Crippen molar-refractivity contribution in [2.24, 2.45) is 0 Å². The average Bonchev–Trinajstić information content (AvgIpc) is 2.92. The van der Waals surface area contributed by atoms with E-state index in [9.17, 15) is 4.79 Å². The van der Waals surface area contributed by atoms with E-state index in [1.54, 1.807) is 0 Å². The summed E-state index contributed by atoms with van der Waals surface area (Å²) in [4.78, 5) is 12.5. The van der Waals surface area contributed by atoms with Crippen molar-refractivity contribution >= 4 is 11.6 Å². The van der Waals surface area contributed by atoms with Gasteiger partial charge < -0.3 is 9.88 Å². The summed E-state index contributed by atoms with van der Waals surface area (Å²) in [5.41, 5.74) is 3.46. The minimum atomic E-state index is -0.106. The summed E-state index contributed by atoms with van der Waals surface area (Å²) >= 11 is 0. The molecule has 1 aromatic heterocycles. The van der Waals surface area contributed by atoms with Gasteiger partial charge in [-0.05, 0) is 43.5 Å². The Bertz CT molecular complexity index is 930. The molecular formula is C21H22N4O. The number of benzene rings is 2. The first-order valence-corrected chi connectivity index (χ1v) is 9.12. The number of fused-ring (bicyclic) bond motifs is 1. The molecule has 0 unspecified atom stereocenters. The fourth-order valence-electron chi connectivity index (χ4n) is 3.38. The van der Waals surface area contributed by atoms with Crippen LogP contribution in [0.25, 0.3) is 11.4 Å². The number of aryl methyl sites for hydroxylation is 2. The molecule has 2 aromatic carbocycles. The summed E-state index contributed by atoms with van der Waals surface area (Å²) in [6.45, 7) is 2.95. The number of carbonyl (C=O) groups excluding carboxylic acids is 1. The van der Waals surface area contributed by atoms with Gasteiger partial charge in [-0.1, -0.05) is 36.8 Å². The number of carbonyl (C=O) groups is 1. The third-order valence-electron chi connectivity index (χ3n) is 4.89. The van der Waals surface area contributed by atoms with Crippen molar-refractivity contribution < 1.29 is 4.79 Å². The van der Waals surface area contributed by atoms with Gasteiger partial charge in [-0.3, -0.25) is 4.79 Å². The molecule has 0 saturated heterocycles. The Morgan fingerprint density at radius 3 is 2.73 bits per heavy atom. The highest BCUT2D eigenvalue weighted by Crippen LogP contribution is 2.27. The number of rotatable bonds is 3. The van der Waals surface area contributed by atoms with Crippen LogP contribution in [0.4, 0.5) is 5.69 Å². The molecule has 0 fully saturated rings. The van der Waals surface area contributed by atoms with E-state index in [4.69, 9.17) is 0 Å². The molecule has 0 radical (unpaired) electrons. The first-order chi connectivity index (χ1) is 12.7. The van der Waals surface area contributed by atoms with Crippen LogP contribution in [-0.4, -0.2) is 20.7 Å². The Kier molecular flexibility index (Phi) is 4.52. The van der Waals surface area contributed by atoms with Crippen LogP contribution >= 0.6 is 0 Å². The van der Waals surface area contributed by atoms with Gasteiger partial charge in [0.25, 0.3) is 5.91 Å². The zero-order chi connectivity index (χ0) is 17.9. The van der Waals surface area contributed by atoms with Crippen molar-refractivity contribution in [3.8, 4) is 11.4 Å². The zero-order valence-corrected chi connectivity index (χ0v) is 14.9. The molecule has 1 N–H and O–H groups in total. The van der Waals surface area contributed by atoms with Gasteiger partial charge in [0.2, 0.25) is 0 Å². The van der Waals surface area contributed by atoms with Crippen molar-refractivity contribution in [3.63, 3.8) is 0 Å². The molecule has 132 valence electrons. The van der Waals surface area contributed by atoms with E-state index in [1.807, 2.05) is 49.4 Å². The molecule has 5 heteroatoms. The van der Waals surface area contributed by atoms with Gasteiger partial charge in [-0.2, -0.15) is 0 Å². The first kappa shape index (κ1) is 16.5. The van der Waals surface area contributed by atoms with Crippen LogP contribution in [-0.2, 0) is 13.0 Å². The quantitative estimate of drug-likeness (QED) is 0.772. The lowest BCUT2D eigenvalue weighted by molar-refractivity contribution is 0.102. The number of nitrogens with zero attached hydrogens (tertiary/aromatic N) is 3. The predicted octanol–water partition coefficient (Wildman–Crippen LogP) is 4.23. The molecule has 0 saturated carbocycles. The molecule has 0 bridgehead atoms. The lowest BCUT2D eigenvalue weighted by atomic mass is 10.1. The normalized spacial score (nSPS) is 13.7. The third kappa shape index (κ3) is 3.25. The van der Waals surface area contributed by atoms with E-state index in [0.717, 1.165) is 47.8 Å². The van der Waals surface area contributed by atoms with Crippen LogP contribution in [0.5, 0.6) is 0 Å². The van der Waals surface area contributed by atoms with Gasteiger partial charge in [0, 0.05) is 29.8 Å². The molecule has 0 spiro atoms. The summed E-state index contributed by atoms with van der Waals surface area (Å²) < 4.78 is 2.22. The molecule has 1 amide bonds. The van der Waals surface area contributed by atoms with Crippen molar-refractivity contribution in [3.05, 3.63) is 65.5 Å². The summed E-state index contributed by atoms with van der Waals surface area (Å²) in [6.07, 6.45) is 4.54. The van der Waals surface area contributed by atoms with E-state index in [1.165, 1.54) is 12.8 Å². The van der Waals surface area contributed by atoms with E-state index >= 15 is 0 Å². The Labute approximate surface area is 153 Å². The average molecular weight is 346 g/mol. The molecule has 0 aliphatic carbocycles. The van der Waals surface area contributed by atoms with Crippen LogP contribution in [0.3, 0.4) is 0 Å². The Balaban J connectivity index is 1.65. The summed E-state index contributed by atoms with van der Waals surface area (Å²) in [7, 11) is 0. The zero-order valence-electron chi connectivity index (χ0n) is 14.9. The van der Waals surface area contributed by atoms with Gasteiger partial charge in [0.1, 0.15) is 5.82 Å².